The maximum absolute atomic E-state index is 12.0. The summed E-state index contributed by atoms with van der Waals surface area (Å²) in [4.78, 5) is 13.9. The summed E-state index contributed by atoms with van der Waals surface area (Å²) in [7, 11) is 1.87. The molecule has 0 bridgehead atoms. The molecule has 1 aliphatic heterocycles. The van der Waals surface area contributed by atoms with Gasteiger partial charge in [0, 0.05) is 31.4 Å². The van der Waals surface area contributed by atoms with E-state index in [0.29, 0.717) is 0 Å². The lowest BCUT2D eigenvalue weighted by Crippen LogP contribution is -2.27. The zero-order valence-electron chi connectivity index (χ0n) is 8.99. The molecule has 1 fully saturated rings. The molecule has 3 nitrogen and oxygen atoms in total. The minimum absolute atomic E-state index is 0.162. The Morgan fingerprint density at radius 2 is 1.80 bits per heavy atom. The summed E-state index contributed by atoms with van der Waals surface area (Å²) >= 11 is 0. The van der Waals surface area contributed by atoms with E-state index < -0.39 is 0 Å². The minimum atomic E-state index is 0.162. The molecule has 80 valence electrons. The predicted molar refractivity (Wildman–Crippen MR) is 61.1 cm³/mol. The Labute approximate surface area is 90.1 Å². The van der Waals surface area contributed by atoms with Gasteiger partial charge in [-0.3, -0.25) is 4.79 Å². The maximum atomic E-state index is 12.0. The van der Waals surface area contributed by atoms with Crippen LogP contribution in [0.2, 0.25) is 0 Å². The molecule has 1 saturated heterocycles. The van der Waals surface area contributed by atoms with Crippen LogP contribution in [-0.4, -0.2) is 30.9 Å². The summed E-state index contributed by atoms with van der Waals surface area (Å²) in [6.07, 6.45) is 2.28. The van der Waals surface area contributed by atoms with E-state index in [-0.39, 0.29) is 5.91 Å². The molecule has 1 aromatic carbocycles. The molecule has 2 rings (SSSR count). The second-order valence-electron chi connectivity index (χ2n) is 3.83. The van der Waals surface area contributed by atoms with Crippen LogP contribution in [-0.2, 0) is 0 Å². The van der Waals surface area contributed by atoms with E-state index in [1.165, 1.54) is 0 Å². The fourth-order valence-corrected chi connectivity index (χ4v) is 1.88. The first-order valence-electron chi connectivity index (χ1n) is 5.38. The second-order valence-corrected chi connectivity index (χ2v) is 3.83. The number of rotatable bonds is 2. The molecule has 0 radical (unpaired) electrons. The van der Waals surface area contributed by atoms with Gasteiger partial charge < -0.3 is 10.2 Å². The van der Waals surface area contributed by atoms with Gasteiger partial charge in [0.2, 0.25) is 0 Å². The number of hydrogen-bond acceptors (Lipinski definition) is 2. The topological polar surface area (TPSA) is 32.3 Å². The second kappa shape index (κ2) is 4.34. The van der Waals surface area contributed by atoms with E-state index in [1.54, 1.807) is 0 Å². The minimum Gasteiger partial charge on any atom is -0.388 e. The maximum Gasteiger partial charge on any atom is 0.253 e. The summed E-state index contributed by atoms with van der Waals surface area (Å²) in [6.45, 7) is 1.82. The monoisotopic (exact) mass is 204 g/mol. The SMILES string of the molecule is CNc1ccc(C(=O)N2CCCC2)cc1. The Hall–Kier alpha value is -1.51. The zero-order chi connectivity index (χ0) is 10.7. The number of nitrogens with zero attached hydrogens (tertiary/aromatic N) is 1. The number of carbonyl (C=O) groups is 1. The Kier molecular flexibility index (Phi) is 2.90. The van der Waals surface area contributed by atoms with Crippen molar-refractivity contribution in [1.29, 1.82) is 0 Å². The summed E-state index contributed by atoms with van der Waals surface area (Å²) in [5.74, 6) is 0.162. The number of amides is 1. The Morgan fingerprint density at radius 3 is 2.33 bits per heavy atom. The van der Waals surface area contributed by atoms with Crippen LogP contribution in [0.25, 0.3) is 0 Å². The fourth-order valence-electron chi connectivity index (χ4n) is 1.88. The van der Waals surface area contributed by atoms with Crippen molar-refractivity contribution in [2.24, 2.45) is 0 Å². The molecule has 1 aromatic rings. The van der Waals surface area contributed by atoms with Gasteiger partial charge in [0.05, 0.1) is 0 Å². The van der Waals surface area contributed by atoms with Gasteiger partial charge >= 0.3 is 0 Å². The molecule has 15 heavy (non-hydrogen) atoms. The van der Waals surface area contributed by atoms with Crippen molar-refractivity contribution in [1.82, 2.24) is 4.90 Å². The average molecular weight is 204 g/mol. The smallest absolute Gasteiger partial charge is 0.253 e. The number of carbonyl (C=O) groups excluding carboxylic acids is 1. The summed E-state index contributed by atoms with van der Waals surface area (Å²) in [5, 5.41) is 3.04. The van der Waals surface area contributed by atoms with Crippen LogP contribution in [0.3, 0.4) is 0 Å². The highest BCUT2D eigenvalue weighted by atomic mass is 16.2. The van der Waals surface area contributed by atoms with Crippen LogP contribution in [0.1, 0.15) is 23.2 Å². The quantitative estimate of drug-likeness (QED) is 0.798. The molecular formula is C12H16N2O. The van der Waals surface area contributed by atoms with Gasteiger partial charge in [0.1, 0.15) is 0 Å². The molecule has 1 N–H and O–H groups in total. The highest BCUT2D eigenvalue weighted by Gasteiger charge is 2.18. The van der Waals surface area contributed by atoms with Crippen molar-refractivity contribution in [2.45, 2.75) is 12.8 Å². The van der Waals surface area contributed by atoms with Crippen molar-refractivity contribution >= 4 is 11.6 Å². The third-order valence-electron chi connectivity index (χ3n) is 2.81. The van der Waals surface area contributed by atoms with Gasteiger partial charge in [0.25, 0.3) is 5.91 Å². The largest absolute Gasteiger partial charge is 0.388 e. The number of benzene rings is 1. The highest BCUT2D eigenvalue weighted by Crippen LogP contribution is 2.14. The molecule has 1 amide bonds. The van der Waals surface area contributed by atoms with Crippen molar-refractivity contribution in [3.8, 4) is 0 Å². The van der Waals surface area contributed by atoms with Gasteiger partial charge in [-0.2, -0.15) is 0 Å². The molecular weight excluding hydrogens is 188 g/mol. The molecule has 0 aliphatic carbocycles. The lowest BCUT2D eigenvalue weighted by molar-refractivity contribution is 0.0793. The van der Waals surface area contributed by atoms with Gasteiger partial charge in [-0.25, -0.2) is 0 Å². The molecule has 1 aliphatic rings. The average Bonchev–Trinajstić information content (AvgIpc) is 2.82. The molecule has 0 unspecified atom stereocenters. The lowest BCUT2D eigenvalue weighted by Gasteiger charge is -2.15. The zero-order valence-corrected chi connectivity index (χ0v) is 8.99. The number of nitrogens with one attached hydrogen (secondary N) is 1. The standard InChI is InChI=1S/C12H16N2O/c1-13-11-6-4-10(5-7-11)12(15)14-8-2-3-9-14/h4-7,13H,2-3,8-9H2,1H3. The third kappa shape index (κ3) is 2.12. The van der Waals surface area contributed by atoms with Crippen molar-refractivity contribution in [2.75, 3.05) is 25.5 Å². The molecule has 0 saturated carbocycles. The normalized spacial score (nSPS) is 15.4. The van der Waals surface area contributed by atoms with E-state index in [4.69, 9.17) is 0 Å². The first kappa shape index (κ1) is 10.0. The summed E-state index contributed by atoms with van der Waals surface area (Å²) in [6, 6.07) is 7.63. The van der Waals surface area contributed by atoms with Gasteiger partial charge in [-0.1, -0.05) is 0 Å². The molecule has 0 spiro atoms. The molecule has 3 heteroatoms. The predicted octanol–water partition coefficient (Wildman–Crippen LogP) is 1.96. The van der Waals surface area contributed by atoms with Crippen LogP contribution in [0, 0.1) is 0 Å². The Bertz CT molecular complexity index is 339. The summed E-state index contributed by atoms with van der Waals surface area (Å²) in [5.41, 5.74) is 1.82. The van der Waals surface area contributed by atoms with Gasteiger partial charge in [0.15, 0.2) is 0 Å². The van der Waals surface area contributed by atoms with Gasteiger partial charge in [-0.05, 0) is 37.1 Å². The van der Waals surface area contributed by atoms with E-state index in [0.717, 1.165) is 37.2 Å². The number of anilines is 1. The molecule has 1 heterocycles. The van der Waals surface area contributed by atoms with Gasteiger partial charge in [-0.15, -0.1) is 0 Å². The number of likely N-dealkylation sites (tertiary alicyclic amines) is 1. The van der Waals surface area contributed by atoms with Crippen LogP contribution < -0.4 is 5.32 Å². The number of hydrogen-bond donors (Lipinski definition) is 1. The third-order valence-corrected chi connectivity index (χ3v) is 2.81. The Morgan fingerprint density at radius 1 is 1.20 bits per heavy atom. The van der Waals surface area contributed by atoms with Crippen LogP contribution in [0.4, 0.5) is 5.69 Å². The highest BCUT2D eigenvalue weighted by molar-refractivity contribution is 5.94. The van der Waals surface area contributed by atoms with E-state index >= 15 is 0 Å². The van der Waals surface area contributed by atoms with E-state index in [2.05, 4.69) is 5.32 Å². The van der Waals surface area contributed by atoms with Crippen LogP contribution in [0.5, 0.6) is 0 Å². The van der Waals surface area contributed by atoms with Crippen molar-refractivity contribution in [3.63, 3.8) is 0 Å². The molecule has 0 atom stereocenters. The van der Waals surface area contributed by atoms with Crippen LogP contribution >= 0.6 is 0 Å². The van der Waals surface area contributed by atoms with Crippen molar-refractivity contribution < 1.29 is 4.79 Å². The summed E-state index contributed by atoms with van der Waals surface area (Å²) < 4.78 is 0. The van der Waals surface area contributed by atoms with Crippen LogP contribution in [0.15, 0.2) is 24.3 Å². The fraction of sp³-hybridized carbons (Fsp3) is 0.417. The first-order chi connectivity index (χ1) is 7.31. The Balaban J connectivity index is 2.11. The lowest BCUT2D eigenvalue weighted by atomic mass is 10.2. The first-order valence-corrected chi connectivity index (χ1v) is 5.38. The van der Waals surface area contributed by atoms with E-state index in [9.17, 15) is 4.79 Å². The van der Waals surface area contributed by atoms with E-state index in [1.807, 2.05) is 36.2 Å². The van der Waals surface area contributed by atoms with Crippen molar-refractivity contribution in [3.05, 3.63) is 29.8 Å². The molecule has 0 aromatic heterocycles.